The molecule has 0 aromatic heterocycles. The van der Waals surface area contributed by atoms with Crippen LogP contribution in [-0.2, 0) is 4.57 Å². The Balaban J connectivity index is 0.00000400. The number of halogens is 1. The van der Waals surface area contributed by atoms with Crippen molar-refractivity contribution in [1.29, 1.82) is 0 Å². The van der Waals surface area contributed by atoms with Gasteiger partial charge in [0.2, 0.25) is 0 Å². The third-order valence-electron chi connectivity index (χ3n) is 2.54. The number of aliphatic hydroxyl groups is 2. The van der Waals surface area contributed by atoms with E-state index in [-0.39, 0.29) is 40.8 Å². The van der Waals surface area contributed by atoms with E-state index in [1.807, 2.05) is 0 Å². The first-order chi connectivity index (χ1) is 9.30. The molecule has 0 amide bonds. The molecule has 0 saturated carbocycles. The predicted molar refractivity (Wildman–Crippen MR) is 70.4 cm³/mol. The topological polar surface area (TPSA) is 136 Å². The number of hydrogen-bond acceptors (Lipinski definition) is 6. The third kappa shape index (κ3) is 6.32. The molecule has 11 heteroatoms. The Hall–Kier alpha value is -0.0200. The quantitative estimate of drug-likeness (QED) is 0.161. The monoisotopic (exact) mass is 346 g/mol. The van der Waals surface area contributed by atoms with Gasteiger partial charge in [0, 0.05) is 12.1 Å². The molecule has 0 aliphatic heterocycles. The molecule has 0 fully saturated rings. The first kappa shape index (κ1) is 21.0. The largest absolute Gasteiger partial charge is 1.00 e. The van der Waals surface area contributed by atoms with Crippen LogP contribution in [0.3, 0.4) is 0 Å². The molecule has 3 N–H and O–H groups in total. The number of nitro groups is 1. The predicted octanol–water partition coefficient (Wildman–Crippen LogP) is -2.67. The number of nitrogens with one attached hydrogen (secondary N) is 1. The second-order valence-electron chi connectivity index (χ2n) is 4.00. The summed E-state index contributed by atoms with van der Waals surface area (Å²) in [4.78, 5) is 21.2. The smallest absolute Gasteiger partial charge is 0.787 e. The molecule has 21 heavy (non-hydrogen) atoms. The van der Waals surface area contributed by atoms with Crippen molar-refractivity contribution >= 4 is 24.8 Å². The molecule has 0 spiro atoms. The van der Waals surface area contributed by atoms with Gasteiger partial charge in [-0.3, -0.25) is 15.2 Å². The minimum absolute atomic E-state index is 0. The molecule has 3 atom stereocenters. The molecule has 0 aliphatic carbocycles. The van der Waals surface area contributed by atoms with Crippen LogP contribution in [0.5, 0.6) is 0 Å². The summed E-state index contributed by atoms with van der Waals surface area (Å²) in [6.07, 6.45) is -1.36. The van der Waals surface area contributed by atoms with Crippen LogP contribution in [-0.4, -0.2) is 33.4 Å². The summed E-state index contributed by atoms with van der Waals surface area (Å²) in [7, 11) is -4.11. The van der Waals surface area contributed by atoms with Crippen LogP contribution in [0, 0.1) is 10.1 Å². The van der Waals surface area contributed by atoms with E-state index < -0.39 is 36.8 Å². The summed E-state index contributed by atoms with van der Waals surface area (Å²) in [5.74, 6) is 0. The first-order valence-corrected chi connectivity index (χ1v) is 7.82. The Morgan fingerprint density at radius 3 is 2.29 bits per heavy atom. The zero-order valence-corrected chi connectivity index (χ0v) is 14.8. The minimum Gasteiger partial charge on any atom is -0.787 e. The van der Waals surface area contributed by atoms with E-state index in [0.29, 0.717) is 0 Å². The zero-order valence-electron chi connectivity index (χ0n) is 11.2. The fraction of sp³-hybridized carbons (Fsp3) is 0.400. The summed E-state index contributed by atoms with van der Waals surface area (Å²) in [5.41, 5.74) is -0.613. The molecule has 3 unspecified atom stereocenters. The van der Waals surface area contributed by atoms with E-state index in [2.05, 4.69) is 5.09 Å². The van der Waals surface area contributed by atoms with E-state index in [1.165, 1.54) is 24.3 Å². The second-order valence-corrected chi connectivity index (χ2v) is 6.57. The van der Waals surface area contributed by atoms with Crippen LogP contribution in [0.1, 0.15) is 11.7 Å². The van der Waals surface area contributed by atoms with Crippen LogP contribution in [0.25, 0.3) is 0 Å². The van der Waals surface area contributed by atoms with Gasteiger partial charge >= 0.3 is 29.6 Å². The third-order valence-corrected chi connectivity index (χ3v) is 4.53. The molecule has 8 nitrogen and oxygen atoms in total. The fourth-order valence-electron chi connectivity index (χ4n) is 1.52. The molecule has 0 aliphatic rings. The Bertz CT molecular complexity index is 517. The van der Waals surface area contributed by atoms with Crippen LogP contribution in [0.4, 0.5) is 5.69 Å². The van der Waals surface area contributed by atoms with Crippen molar-refractivity contribution in [1.82, 2.24) is 5.09 Å². The molecule has 0 heterocycles. The Morgan fingerprint density at radius 1 is 1.38 bits per heavy atom. The summed E-state index contributed by atoms with van der Waals surface area (Å²) in [6.45, 7) is -0.652. The van der Waals surface area contributed by atoms with Crippen molar-refractivity contribution in [2.75, 3.05) is 12.2 Å². The molecule has 1 aromatic rings. The van der Waals surface area contributed by atoms with Gasteiger partial charge in [-0.25, -0.2) is 0 Å². The van der Waals surface area contributed by atoms with E-state index in [1.54, 1.807) is 0 Å². The van der Waals surface area contributed by atoms with E-state index in [4.69, 9.17) is 16.7 Å². The van der Waals surface area contributed by atoms with Crippen molar-refractivity contribution in [3.05, 3.63) is 39.9 Å². The summed E-state index contributed by atoms with van der Waals surface area (Å²) in [5, 5.41) is 31.7. The van der Waals surface area contributed by atoms with Crippen LogP contribution < -0.4 is 39.5 Å². The fourth-order valence-corrected chi connectivity index (χ4v) is 2.53. The van der Waals surface area contributed by atoms with Gasteiger partial charge in [-0.15, -0.1) is 11.6 Å². The Kier molecular flexibility index (Phi) is 9.18. The van der Waals surface area contributed by atoms with Crippen LogP contribution in [0.2, 0.25) is 0 Å². The van der Waals surface area contributed by atoms with E-state index >= 15 is 0 Å². The molecule has 1 rings (SSSR count). The summed E-state index contributed by atoms with van der Waals surface area (Å²) < 4.78 is 11.3. The SMILES string of the molecule is O=[N+]([O-])c1ccc(C(O)C(CO)NP(=O)([O-])CCl)cc1.[Na+]. The Morgan fingerprint density at radius 2 is 1.90 bits per heavy atom. The molecule has 1 aromatic carbocycles. The van der Waals surface area contributed by atoms with Gasteiger partial charge < -0.3 is 19.7 Å². The standard InChI is InChI=1S/C10H14ClN2O6P.Na/c11-6-20(18,19)12-9(5-14)10(15)7-1-3-8(4-2-7)13(16)17;/h1-4,9-10,14-15H,5-6H2,(H2,12,18,19);/q;+1/p-1. The maximum atomic E-state index is 11.3. The maximum Gasteiger partial charge on any atom is 1.00 e. The summed E-state index contributed by atoms with van der Waals surface area (Å²) >= 11 is 5.22. The van der Waals surface area contributed by atoms with Gasteiger partial charge in [0.05, 0.1) is 36.8 Å². The number of rotatable bonds is 7. The maximum absolute atomic E-state index is 11.3. The van der Waals surface area contributed by atoms with E-state index in [0.717, 1.165) is 0 Å². The van der Waals surface area contributed by atoms with Gasteiger partial charge in [-0.2, -0.15) is 0 Å². The number of alkyl halides is 1. The normalized spacial score (nSPS) is 16.4. The molecular weight excluding hydrogens is 334 g/mol. The van der Waals surface area contributed by atoms with Crippen molar-refractivity contribution in [3.63, 3.8) is 0 Å². The van der Waals surface area contributed by atoms with Crippen molar-refractivity contribution in [2.45, 2.75) is 12.1 Å². The Labute approximate surface area is 148 Å². The van der Waals surface area contributed by atoms with Gasteiger partial charge in [-0.1, -0.05) is 0 Å². The zero-order chi connectivity index (χ0) is 15.3. The second kappa shape index (κ2) is 9.19. The van der Waals surface area contributed by atoms with Gasteiger partial charge in [0.25, 0.3) is 5.69 Å². The van der Waals surface area contributed by atoms with Crippen molar-refractivity contribution in [2.24, 2.45) is 0 Å². The average Bonchev–Trinajstić information content (AvgIpc) is 2.44. The van der Waals surface area contributed by atoms with E-state index in [9.17, 15) is 24.7 Å². The number of hydrogen-bond donors (Lipinski definition) is 3. The van der Waals surface area contributed by atoms with Gasteiger partial charge in [0.1, 0.15) is 0 Å². The van der Waals surface area contributed by atoms with Crippen molar-refractivity contribution < 1.29 is 54.2 Å². The molecule has 0 saturated heterocycles. The average molecular weight is 347 g/mol. The molecule has 112 valence electrons. The first-order valence-electron chi connectivity index (χ1n) is 5.48. The van der Waals surface area contributed by atoms with Crippen molar-refractivity contribution in [3.8, 4) is 0 Å². The van der Waals surface area contributed by atoms with Crippen LogP contribution >= 0.6 is 19.1 Å². The van der Waals surface area contributed by atoms with Gasteiger partial charge in [-0.05, 0) is 17.7 Å². The minimum atomic E-state index is -4.11. The molecule has 0 bridgehead atoms. The number of benzene rings is 1. The molecular formula is C10H13ClN2NaO6P. The number of aliphatic hydroxyl groups excluding tert-OH is 2. The number of non-ortho nitro benzene ring substituents is 1. The molecule has 0 radical (unpaired) electrons. The van der Waals surface area contributed by atoms with Crippen LogP contribution in [0.15, 0.2) is 24.3 Å². The number of nitro benzene ring substituents is 1. The number of nitrogens with zero attached hydrogens (tertiary/aromatic N) is 1. The summed E-state index contributed by atoms with van der Waals surface area (Å²) in [6, 6.07) is 3.72. The van der Waals surface area contributed by atoms with Gasteiger partial charge in [0.15, 0.2) is 0 Å².